The molecule has 1 nitrogen and oxygen atoms in total. The van der Waals surface area contributed by atoms with Crippen molar-refractivity contribution in [1.29, 1.82) is 0 Å². The molecular formula is C4H5O. The van der Waals surface area contributed by atoms with Crippen molar-refractivity contribution in [2.45, 2.75) is 18.4 Å². The van der Waals surface area contributed by atoms with Crippen LogP contribution in [-0.2, 0) is 4.74 Å². The van der Waals surface area contributed by atoms with Gasteiger partial charge < -0.3 is 4.74 Å². The molecule has 1 heteroatoms. The fraction of sp³-hybridized carbons (Fsp3) is 0.750. The maximum atomic E-state index is 4.88. The summed E-state index contributed by atoms with van der Waals surface area (Å²) >= 11 is 0. The molecule has 0 N–H and O–H groups in total. The molecule has 1 spiro atoms. The molecule has 0 unspecified atom stereocenters. The normalized spacial score (nSPS) is 38.4. The van der Waals surface area contributed by atoms with Crippen LogP contribution in [0.25, 0.3) is 0 Å². The van der Waals surface area contributed by atoms with Crippen molar-refractivity contribution in [2.75, 3.05) is 0 Å². The topological polar surface area (TPSA) is 12.5 Å². The predicted octanol–water partition coefficient (Wildman–Crippen LogP) is 0.711. The molecule has 2 fully saturated rings. The van der Waals surface area contributed by atoms with Crippen LogP contribution in [0.15, 0.2) is 0 Å². The van der Waals surface area contributed by atoms with Crippen molar-refractivity contribution >= 4 is 0 Å². The second kappa shape index (κ2) is 0.350. The lowest BCUT2D eigenvalue weighted by molar-refractivity contribution is 0.414. The molecule has 2 aliphatic rings. The summed E-state index contributed by atoms with van der Waals surface area (Å²) in [6, 6.07) is 0. The zero-order valence-electron chi connectivity index (χ0n) is 2.90. The van der Waals surface area contributed by atoms with Gasteiger partial charge in [-0.05, 0) is 12.8 Å². The van der Waals surface area contributed by atoms with Gasteiger partial charge in [0, 0.05) is 0 Å². The van der Waals surface area contributed by atoms with Crippen LogP contribution < -0.4 is 0 Å². The van der Waals surface area contributed by atoms with Gasteiger partial charge in [0.05, 0.1) is 5.60 Å². The molecule has 1 radical (unpaired) electrons. The first-order valence-electron chi connectivity index (χ1n) is 1.94. The lowest BCUT2D eigenvalue weighted by Gasteiger charge is -1.56. The van der Waals surface area contributed by atoms with Crippen LogP contribution >= 0.6 is 0 Å². The molecule has 0 amide bonds. The van der Waals surface area contributed by atoms with Gasteiger partial charge in [0.25, 0.3) is 0 Å². The van der Waals surface area contributed by atoms with E-state index >= 15 is 0 Å². The fourth-order valence-electron chi connectivity index (χ4n) is 0.442. The quantitative estimate of drug-likeness (QED) is 0.382. The SMILES string of the molecule is [CH]1OC12CC2. The van der Waals surface area contributed by atoms with Crippen LogP contribution in [0.1, 0.15) is 12.8 Å². The minimum Gasteiger partial charge on any atom is -0.363 e. The summed E-state index contributed by atoms with van der Waals surface area (Å²) < 4.78 is 4.88. The van der Waals surface area contributed by atoms with E-state index in [1.54, 1.807) is 0 Å². The second-order valence-electron chi connectivity index (χ2n) is 1.80. The zero-order valence-corrected chi connectivity index (χ0v) is 2.90. The summed E-state index contributed by atoms with van der Waals surface area (Å²) in [4.78, 5) is 0. The third-order valence-electron chi connectivity index (χ3n) is 1.19. The van der Waals surface area contributed by atoms with Crippen molar-refractivity contribution in [2.24, 2.45) is 0 Å². The molecule has 1 aliphatic carbocycles. The van der Waals surface area contributed by atoms with Gasteiger partial charge in [0.1, 0.15) is 6.61 Å². The Morgan fingerprint density at radius 2 is 2.20 bits per heavy atom. The van der Waals surface area contributed by atoms with Crippen LogP contribution in [0.2, 0.25) is 0 Å². The van der Waals surface area contributed by atoms with E-state index in [1.165, 1.54) is 12.8 Å². The smallest absolute Gasteiger partial charge is 0.116 e. The first kappa shape index (κ1) is 2.19. The largest absolute Gasteiger partial charge is 0.363 e. The molecule has 0 bridgehead atoms. The lowest BCUT2D eigenvalue weighted by atomic mass is 10.5. The van der Waals surface area contributed by atoms with Gasteiger partial charge in [0.15, 0.2) is 0 Å². The van der Waals surface area contributed by atoms with E-state index in [0.29, 0.717) is 5.60 Å². The Labute approximate surface area is 30.9 Å². The van der Waals surface area contributed by atoms with Crippen molar-refractivity contribution in [1.82, 2.24) is 0 Å². The van der Waals surface area contributed by atoms with Gasteiger partial charge in [-0.15, -0.1) is 0 Å². The van der Waals surface area contributed by atoms with E-state index in [1.807, 2.05) is 6.61 Å². The highest BCUT2D eigenvalue weighted by atomic mass is 16.6. The average Bonchev–Trinajstić information content (AvgIpc) is 2.17. The van der Waals surface area contributed by atoms with Crippen molar-refractivity contribution in [3.8, 4) is 0 Å². The van der Waals surface area contributed by atoms with Gasteiger partial charge in [-0.1, -0.05) is 0 Å². The number of ether oxygens (including phenoxy) is 1. The Kier molecular flexibility index (Phi) is 0.153. The molecule has 5 heavy (non-hydrogen) atoms. The third kappa shape index (κ3) is 0.153. The molecule has 0 aromatic carbocycles. The highest BCUT2D eigenvalue weighted by Crippen LogP contribution is 2.54. The summed E-state index contributed by atoms with van der Waals surface area (Å²) in [5.41, 5.74) is 0.375. The van der Waals surface area contributed by atoms with Gasteiger partial charge in [0.2, 0.25) is 0 Å². The van der Waals surface area contributed by atoms with E-state index in [9.17, 15) is 0 Å². The molecule has 1 heterocycles. The number of rotatable bonds is 0. The molecule has 1 saturated carbocycles. The van der Waals surface area contributed by atoms with Gasteiger partial charge in [-0.25, -0.2) is 0 Å². The van der Waals surface area contributed by atoms with Crippen molar-refractivity contribution in [3.05, 3.63) is 6.61 Å². The summed E-state index contributed by atoms with van der Waals surface area (Å²) in [5.74, 6) is 0. The van der Waals surface area contributed by atoms with Gasteiger partial charge in [-0.3, -0.25) is 0 Å². The highest BCUT2D eigenvalue weighted by Gasteiger charge is 2.56. The van der Waals surface area contributed by atoms with Gasteiger partial charge >= 0.3 is 0 Å². The second-order valence-corrected chi connectivity index (χ2v) is 1.80. The molecule has 0 atom stereocenters. The van der Waals surface area contributed by atoms with E-state index in [-0.39, 0.29) is 0 Å². The molecular weight excluding hydrogens is 64.0 g/mol. The molecule has 2 rings (SSSR count). The van der Waals surface area contributed by atoms with Crippen LogP contribution in [0.5, 0.6) is 0 Å². The standard InChI is InChI=1S/C4H5O/c1-2-4(1)3-5-4/h3H,1-2H2. The first-order chi connectivity index (χ1) is 2.41. The van der Waals surface area contributed by atoms with Crippen LogP contribution in [-0.4, -0.2) is 5.60 Å². The Morgan fingerprint density at radius 3 is 2.20 bits per heavy atom. The minimum absolute atomic E-state index is 0.375. The van der Waals surface area contributed by atoms with Crippen molar-refractivity contribution in [3.63, 3.8) is 0 Å². The third-order valence-corrected chi connectivity index (χ3v) is 1.19. The Hall–Kier alpha value is -0.0400. The molecule has 1 saturated heterocycles. The Balaban J connectivity index is 2.30. The van der Waals surface area contributed by atoms with E-state index in [0.717, 1.165) is 0 Å². The maximum Gasteiger partial charge on any atom is 0.116 e. The average molecular weight is 69.1 g/mol. The first-order valence-corrected chi connectivity index (χ1v) is 1.94. The summed E-state index contributed by atoms with van der Waals surface area (Å²) in [5, 5.41) is 0. The van der Waals surface area contributed by atoms with E-state index in [4.69, 9.17) is 4.74 Å². The molecule has 1 aliphatic heterocycles. The Bertz CT molecular complexity index is 46.5. The van der Waals surface area contributed by atoms with Crippen LogP contribution in [0.4, 0.5) is 0 Å². The molecule has 27 valence electrons. The van der Waals surface area contributed by atoms with Crippen molar-refractivity contribution < 1.29 is 4.74 Å². The summed E-state index contributed by atoms with van der Waals surface area (Å²) in [6.07, 6.45) is 2.57. The summed E-state index contributed by atoms with van der Waals surface area (Å²) in [7, 11) is 0. The monoisotopic (exact) mass is 69.0 g/mol. The van der Waals surface area contributed by atoms with Gasteiger partial charge in [-0.2, -0.15) is 0 Å². The Morgan fingerprint density at radius 1 is 1.60 bits per heavy atom. The maximum absolute atomic E-state index is 4.88. The summed E-state index contributed by atoms with van der Waals surface area (Å²) in [6.45, 7) is 1.92. The number of epoxide rings is 1. The fourth-order valence-corrected chi connectivity index (χ4v) is 0.442. The minimum atomic E-state index is 0.375. The highest BCUT2D eigenvalue weighted by molar-refractivity contribution is 5.14. The molecule has 0 aromatic rings. The predicted molar refractivity (Wildman–Crippen MR) is 17.3 cm³/mol. The number of hydrogen-bond acceptors (Lipinski definition) is 1. The zero-order chi connectivity index (χ0) is 3.33. The van der Waals surface area contributed by atoms with Crippen LogP contribution in [0.3, 0.4) is 0 Å². The lowest BCUT2D eigenvalue weighted by Crippen LogP contribution is -1.67. The molecule has 0 aromatic heterocycles. The van der Waals surface area contributed by atoms with E-state index in [2.05, 4.69) is 0 Å². The number of hydrogen-bond donors (Lipinski definition) is 0. The van der Waals surface area contributed by atoms with E-state index < -0.39 is 0 Å². The van der Waals surface area contributed by atoms with Crippen LogP contribution in [0, 0.1) is 6.61 Å².